The highest BCUT2D eigenvalue weighted by molar-refractivity contribution is 7.10. The minimum atomic E-state index is -0.687. The molecule has 1 aliphatic rings. The Bertz CT molecular complexity index is 359. The Morgan fingerprint density at radius 3 is 2.75 bits per heavy atom. The number of carbonyl (C=O) groups is 1. The molecule has 1 heterocycles. The lowest BCUT2D eigenvalue weighted by Gasteiger charge is -2.29. The van der Waals surface area contributed by atoms with E-state index < -0.39 is 5.97 Å². The van der Waals surface area contributed by atoms with Crippen molar-refractivity contribution >= 4 is 17.3 Å². The highest BCUT2D eigenvalue weighted by atomic mass is 32.1. The molecule has 0 aromatic carbocycles. The molecule has 0 saturated heterocycles. The molecule has 1 fully saturated rings. The fraction of sp³-hybridized carbons (Fsp3) is 0.583. The summed E-state index contributed by atoms with van der Waals surface area (Å²) >= 11 is 1.69. The SMILES string of the molecule is CC(c1cccs1)N(C)C(C(=O)O)C1CC1. The molecule has 0 spiro atoms. The van der Waals surface area contributed by atoms with E-state index in [1.165, 1.54) is 4.88 Å². The number of likely N-dealkylation sites (N-methyl/N-ethyl adjacent to an activating group) is 1. The Morgan fingerprint density at radius 2 is 2.31 bits per heavy atom. The molecule has 1 aliphatic carbocycles. The average Bonchev–Trinajstić information content (AvgIpc) is 2.91. The standard InChI is InChI=1S/C12H17NO2S/c1-8(10-4-3-7-16-10)13(2)11(12(14)15)9-5-6-9/h3-4,7-9,11H,5-6H2,1-2H3,(H,14,15). The summed E-state index contributed by atoms with van der Waals surface area (Å²) in [6.07, 6.45) is 2.11. The number of carboxylic acids is 1. The van der Waals surface area contributed by atoms with Crippen molar-refractivity contribution in [2.24, 2.45) is 5.92 Å². The first-order valence-electron chi connectivity index (χ1n) is 5.59. The molecule has 88 valence electrons. The maximum atomic E-state index is 11.3. The predicted octanol–water partition coefficient (Wildman–Crippen LogP) is 2.60. The lowest BCUT2D eigenvalue weighted by molar-refractivity contribution is -0.144. The number of thiophene rings is 1. The molecule has 4 heteroatoms. The van der Waals surface area contributed by atoms with Crippen molar-refractivity contribution in [3.63, 3.8) is 0 Å². The molecule has 0 aliphatic heterocycles. The molecule has 1 aromatic rings. The van der Waals surface area contributed by atoms with Gasteiger partial charge in [-0.3, -0.25) is 9.69 Å². The third kappa shape index (κ3) is 2.28. The van der Waals surface area contributed by atoms with E-state index in [-0.39, 0.29) is 12.1 Å². The van der Waals surface area contributed by atoms with E-state index in [1.807, 2.05) is 23.4 Å². The maximum absolute atomic E-state index is 11.3. The van der Waals surface area contributed by atoms with Gasteiger partial charge in [0.05, 0.1) is 0 Å². The molecule has 1 saturated carbocycles. The molecule has 0 amide bonds. The van der Waals surface area contributed by atoms with E-state index in [1.54, 1.807) is 11.3 Å². The molecular weight excluding hydrogens is 222 g/mol. The Kier molecular flexibility index (Phi) is 3.30. The highest BCUT2D eigenvalue weighted by Gasteiger charge is 2.40. The molecule has 0 radical (unpaired) electrons. The van der Waals surface area contributed by atoms with Crippen LogP contribution in [0.25, 0.3) is 0 Å². The van der Waals surface area contributed by atoms with Crippen LogP contribution in [0.2, 0.25) is 0 Å². The van der Waals surface area contributed by atoms with Crippen LogP contribution in [0.5, 0.6) is 0 Å². The van der Waals surface area contributed by atoms with E-state index >= 15 is 0 Å². The summed E-state index contributed by atoms with van der Waals surface area (Å²) in [5, 5.41) is 11.3. The molecule has 2 atom stereocenters. The Hall–Kier alpha value is -0.870. The van der Waals surface area contributed by atoms with Crippen LogP contribution in [0.1, 0.15) is 30.7 Å². The van der Waals surface area contributed by atoms with Gasteiger partial charge >= 0.3 is 5.97 Å². The van der Waals surface area contributed by atoms with Gasteiger partial charge in [-0.25, -0.2) is 0 Å². The maximum Gasteiger partial charge on any atom is 0.321 e. The quantitative estimate of drug-likeness (QED) is 0.858. The summed E-state index contributed by atoms with van der Waals surface area (Å²) in [5.41, 5.74) is 0. The summed E-state index contributed by atoms with van der Waals surface area (Å²) in [6, 6.07) is 3.94. The van der Waals surface area contributed by atoms with E-state index in [4.69, 9.17) is 0 Å². The van der Waals surface area contributed by atoms with Gasteiger partial charge in [0, 0.05) is 10.9 Å². The smallest absolute Gasteiger partial charge is 0.321 e. The van der Waals surface area contributed by atoms with Crippen LogP contribution in [0, 0.1) is 5.92 Å². The third-order valence-corrected chi connectivity index (χ3v) is 4.37. The van der Waals surface area contributed by atoms with Gasteiger partial charge in [0.15, 0.2) is 0 Å². The molecule has 2 unspecified atom stereocenters. The summed E-state index contributed by atoms with van der Waals surface area (Å²) in [5.74, 6) is -0.335. The number of aliphatic carboxylic acids is 1. The van der Waals surface area contributed by atoms with Crippen LogP contribution in [0.4, 0.5) is 0 Å². The van der Waals surface area contributed by atoms with E-state index in [0.29, 0.717) is 5.92 Å². The zero-order valence-electron chi connectivity index (χ0n) is 9.59. The number of hydrogen-bond acceptors (Lipinski definition) is 3. The number of carboxylic acid groups (broad SMARTS) is 1. The topological polar surface area (TPSA) is 40.5 Å². The van der Waals surface area contributed by atoms with Gasteiger partial charge in [-0.1, -0.05) is 6.07 Å². The van der Waals surface area contributed by atoms with Crippen molar-refractivity contribution in [2.75, 3.05) is 7.05 Å². The van der Waals surface area contributed by atoms with Gasteiger partial charge < -0.3 is 5.11 Å². The van der Waals surface area contributed by atoms with Gasteiger partial charge in [0.25, 0.3) is 0 Å². The van der Waals surface area contributed by atoms with Crippen molar-refractivity contribution in [1.29, 1.82) is 0 Å². The number of hydrogen-bond donors (Lipinski definition) is 1. The van der Waals surface area contributed by atoms with E-state index in [2.05, 4.69) is 13.0 Å². The fourth-order valence-electron chi connectivity index (χ4n) is 2.09. The summed E-state index contributed by atoms with van der Waals surface area (Å²) < 4.78 is 0. The first kappa shape index (κ1) is 11.6. The minimum Gasteiger partial charge on any atom is -0.480 e. The van der Waals surface area contributed by atoms with Gasteiger partial charge in [-0.2, -0.15) is 0 Å². The van der Waals surface area contributed by atoms with Crippen LogP contribution >= 0.6 is 11.3 Å². The Balaban J connectivity index is 2.10. The van der Waals surface area contributed by atoms with Crippen molar-refractivity contribution in [2.45, 2.75) is 31.8 Å². The van der Waals surface area contributed by atoms with E-state index in [0.717, 1.165) is 12.8 Å². The lowest BCUT2D eigenvalue weighted by atomic mass is 10.1. The summed E-state index contributed by atoms with van der Waals surface area (Å²) in [7, 11) is 1.92. The predicted molar refractivity (Wildman–Crippen MR) is 64.6 cm³/mol. The number of rotatable bonds is 5. The van der Waals surface area contributed by atoms with Gasteiger partial charge in [-0.05, 0) is 44.2 Å². The second-order valence-corrected chi connectivity index (χ2v) is 5.46. The van der Waals surface area contributed by atoms with Crippen LogP contribution < -0.4 is 0 Å². The zero-order valence-corrected chi connectivity index (χ0v) is 10.4. The van der Waals surface area contributed by atoms with Gasteiger partial charge in [-0.15, -0.1) is 11.3 Å². The first-order valence-corrected chi connectivity index (χ1v) is 6.47. The first-order chi connectivity index (χ1) is 7.61. The summed E-state index contributed by atoms with van der Waals surface area (Å²) in [6.45, 7) is 2.07. The van der Waals surface area contributed by atoms with Crippen molar-refractivity contribution in [3.05, 3.63) is 22.4 Å². The van der Waals surface area contributed by atoms with Crippen molar-refractivity contribution in [1.82, 2.24) is 4.90 Å². The molecule has 3 nitrogen and oxygen atoms in total. The normalized spacial score (nSPS) is 19.7. The van der Waals surface area contributed by atoms with Gasteiger partial charge in [0.2, 0.25) is 0 Å². The second-order valence-electron chi connectivity index (χ2n) is 4.48. The molecule has 0 bridgehead atoms. The fourth-order valence-corrected chi connectivity index (χ4v) is 2.93. The largest absolute Gasteiger partial charge is 0.480 e. The van der Waals surface area contributed by atoms with Crippen LogP contribution in [0.15, 0.2) is 17.5 Å². The molecular formula is C12H17NO2S. The summed E-state index contributed by atoms with van der Waals surface area (Å²) in [4.78, 5) is 14.5. The van der Waals surface area contributed by atoms with Gasteiger partial charge in [0.1, 0.15) is 6.04 Å². The molecule has 1 aromatic heterocycles. The van der Waals surface area contributed by atoms with Crippen LogP contribution in [-0.4, -0.2) is 29.1 Å². The van der Waals surface area contributed by atoms with E-state index in [9.17, 15) is 9.90 Å². The molecule has 1 N–H and O–H groups in total. The monoisotopic (exact) mass is 239 g/mol. The Morgan fingerprint density at radius 1 is 1.62 bits per heavy atom. The van der Waals surface area contributed by atoms with Crippen LogP contribution in [-0.2, 0) is 4.79 Å². The minimum absolute atomic E-state index is 0.182. The van der Waals surface area contributed by atoms with Crippen molar-refractivity contribution in [3.8, 4) is 0 Å². The highest BCUT2D eigenvalue weighted by Crippen LogP contribution is 2.38. The molecule has 16 heavy (non-hydrogen) atoms. The average molecular weight is 239 g/mol. The lowest BCUT2D eigenvalue weighted by Crippen LogP contribution is -2.41. The molecule has 2 rings (SSSR count). The third-order valence-electron chi connectivity index (χ3n) is 3.33. The number of nitrogens with zero attached hydrogens (tertiary/aromatic N) is 1. The van der Waals surface area contributed by atoms with Crippen molar-refractivity contribution < 1.29 is 9.90 Å². The Labute approximate surface area is 99.7 Å². The zero-order chi connectivity index (χ0) is 11.7. The second kappa shape index (κ2) is 4.55. The van der Waals surface area contributed by atoms with Crippen LogP contribution in [0.3, 0.4) is 0 Å².